The lowest BCUT2D eigenvalue weighted by Gasteiger charge is -2.20. The van der Waals surface area contributed by atoms with Gasteiger partial charge in [-0.1, -0.05) is 15.9 Å². The number of halogens is 1. The van der Waals surface area contributed by atoms with Crippen LogP contribution in [0.25, 0.3) is 0 Å². The van der Waals surface area contributed by atoms with Gasteiger partial charge in [-0.05, 0) is 49.4 Å². The van der Waals surface area contributed by atoms with Gasteiger partial charge in [-0.25, -0.2) is 0 Å². The minimum atomic E-state index is -0.748. The number of aliphatic carboxylic acids is 1. The molecule has 0 saturated carbocycles. The molecule has 1 N–H and O–H groups in total. The molecule has 0 bridgehead atoms. The van der Waals surface area contributed by atoms with Crippen LogP contribution in [0.15, 0.2) is 28.7 Å². The second-order valence-electron chi connectivity index (χ2n) is 5.19. The third-order valence-electron chi connectivity index (χ3n) is 3.69. The number of likely N-dealkylation sites (tertiary alicyclic amines) is 1. The molecule has 4 nitrogen and oxygen atoms in total. The summed E-state index contributed by atoms with van der Waals surface area (Å²) in [5.41, 5.74) is 0.685. The van der Waals surface area contributed by atoms with E-state index in [2.05, 4.69) is 15.9 Å². The van der Waals surface area contributed by atoms with E-state index in [-0.39, 0.29) is 18.2 Å². The van der Waals surface area contributed by atoms with Crippen LogP contribution in [0.1, 0.15) is 36.0 Å². The smallest absolute Gasteiger partial charge is 0.303 e. The van der Waals surface area contributed by atoms with Gasteiger partial charge in [0.2, 0.25) is 0 Å². The Balaban J connectivity index is 1.97. The summed E-state index contributed by atoms with van der Waals surface area (Å²) >= 11 is 3.35. The fraction of sp³-hybridized carbons (Fsp3) is 0.467. The average Bonchev–Trinajstić information content (AvgIpc) is 2.64. The molecule has 1 heterocycles. The summed E-state index contributed by atoms with van der Waals surface area (Å²) in [6.07, 6.45) is 2.74. The number of carboxylic acids is 1. The maximum atomic E-state index is 12.4. The first-order valence-electron chi connectivity index (χ1n) is 6.83. The summed E-state index contributed by atoms with van der Waals surface area (Å²) in [5, 5.41) is 8.85. The molecule has 1 atom stereocenters. The minimum Gasteiger partial charge on any atom is -0.481 e. The van der Waals surface area contributed by atoms with Crippen LogP contribution >= 0.6 is 15.9 Å². The molecule has 1 aromatic rings. The van der Waals surface area contributed by atoms with E-state index in [9.17, 15) is 9.59 Å². The molecule has 0 spiro atoms. The van der Waals surface area contributed by atoms with E-state index in [1.165, 1.54) is 0 Å². The molecule has 0 radical (unpaired) electrons. The third-order valence-corrected chi connectivity index (χ3v) is 4.22. The fourth-order valence-electron chi connectivity index (χ4n) is 2.59. The predicted octanol–water partition coefficient (Wildman–Crippen LogP) is 3.17. The maximum absolute atomic E-state index is 12.4. The molecule has 0 unspecified atom stereocenters. The molecule has 1 amide bonds. The number of hydrogen-bond acceptors (Lipinski definition) is 2. The van der Waals surface area contributed by atoms with E-state index >= 15 is 0 Å². The van der Waals surface area contributed by atoms with Crippen LogP contribution in [-0.4, -0.2) is 35.0 Å². The molecule has 0 aliphatic carbocycles. The van der Waals surface area contributed by atoms with Gasteiger partial charge in [0.1, 0.15) is 0 Å². The lowest BCUT2D eigenvalue weighted by atomic mass is 9.97. The first-order valence-corrected chi connectivity index (χ1v) is 7.62. The van der Waals surface area contributed by atoms with Crippen molar-refractivity contribution in [1.82, 2.24) is 4.90 Å². The highest BCUT2D eigenvalue weighted by Crippen LogP contribution is 2.22. The summed E-state index contributed by atoms with van der Waals surface area (Å²) in [4.78, 5) is 25.0. The maximum Gasteiger partial charge on any atom is 0.303 e. The van der Waals surface area contributed by atoms with Crippen LogP contribution in [0.4, 0.5) is 0 Å². The van der Waals surface area contributed by atoms with E-state index in [0.29, 0.717) is 18.7 Å². The highest BCUT2D eigenvalue weighted by atomic mass is 79.9. The fourth-order valence-corrected chi connectivity index (χ4v) is 2.86. The molecular weight excluding hydrogens is 322 g/mol. The Morgan fingerprint density at radius 3 is 2.55 bits per heavy atom. The molecule has 108 valence electrons. The van der Waals surface area contributed by atoms with Gasteiger partial charge in [-0.3, -0.25) is 9.59 Å². The standard InChI is InChI=1S/C15H18BrNO3/c16-13-5-3-12(4-6-13)15(20)17-8-1-2-11(7-9-17)10-14(18)19/h3-6,11H,1-2,7-10H2,(H,18,19)/t11-/m0/s1. The van der Waals surface area contributed by atoms with Crippen molar-refractivity contribution in [1.29, 1.82) is 0 Å². The quantitative estimate of drug-likeness (QED) is 0.920. The van der Waals surface area contributed by atoms with Gasteiger partial charge in [0.25, 0.3) is 5.91 Å². The number of rotatable bonds is 3. The lowest BCUT2D eigenvalue weighted by Crippen LogP contribution is -2.32. The number of nitrogens with zero attached hydrogens (tertiary/aromatic N) is 1. The summed E-state index contributed by atoms with van der Waals surface area (Å²) in [6, 6.07) is 7.34. The molecule has 1 saturated heterocycles. The summed E-state index contributed by atoms with van der Waals surface area (Å²) in [7, 11) is 0. The SMILES string of the molecule is O=C(O)C[C@H]1CCCN(C(=O)c2ccc(Br)cc2)CC1. The molecule has 5 heteroatoms. The molecule has 2 rings (SSSR count). The predicted molar refractivity (Wildman–Crippen MR) is 79.6 cm³/mol. The zero-order valence-corrected chi connectivity index (χ0v) is 12.8. The Kier molecular flexibility index (Phi) is 5.17. The number of carbonyl (C=O) groups is 2. The first kappa shape index (κ1) is 15.0. The number of benzene rings is 1. The van der Waals surface area contributed by atoms with Gasteiger partial charge in [-0.15, -0.1) is 0 Å². The minimum absolute atomic E-state index is 0.0356. The van der Waals surface area contributed by atoms with Crippen molar-refractivity contribution in [2.75, 3.05) is 13.1 Å². The van der Waals surface area contributed by atoms with Crippen molar-refractivity contribution in [3.63, 3.8) is 0 Å². The van der Waals surface area contributed by atoms with E-state index in [0.717, 1.165) is 23.7 Å². The Labute approximate surface area is 126 Å². The Bertz CT molecular complexity index is 486. The molecule has 1 aromatic carbocycles. The van der Waals surface area contributed by atoms with Crippen molar-refractivity contribution in [3.05, 3.63) is 34.3 Å². The molecule has 1 aliphatic heterocycles. The summed E-state index contributed by atoms with van der Waals surface area (Å²) < 4.78 is 0.950. The highest BCUT2D eigenvalue weighted by Gasteiger charge is 2.22. The van der Waals surface area contributed by atoms with Crippen molar-refractivity contribution >= 4 is 27.8 Å². The Hall–Kier alpha value is -1.36. The van der Waals surface area contributed by atoms with Crippen molar-refractivity contribution in [2.45, 2.75) is 25.7 Å². The van der Waals surface area contributed by atoms with Gasteiger partial charge in [0.05, 0.1) is 0 Å². The highest BCUT2D eigenvalue weighted by molar-refractivity contribution is 9.10. The normalized spacial score (nSPS) is 19.4. The van der Waals surface area contributed by atoms with Crippen LogP contribution < -0.4 is 0 Å². The molecule has 1 fully saturated rings. The number of hydrogen-bond donors (Lipinski definition) is 1. The zero-order valence-electron chi connectivity index (χ0n) is 11.2. The monoisotopic (exact) mass is 339 g/mol. The van der Waals surface area contributed by atoms with Crippen molar-refractivity contribution in [3.8, 4) is 0 Å². The molecule has 20 heavy (non-hydrogen) atoms. The zero-order chi connectivity index (χ0) is 14.5. The van der Waals surface area contributed by atoms with Gasteiger partial charge in [0.15, 0.2) is 0 Å². The second-order valence-corrected chi connectivity index (χ2v) is 6.11. The van der Waals surface area contributed by atoms with Crippen LogP contribution in [0, 0.1) is 5.92 Å². The van der Waals surface area contributed by atoms with E-state index in [1.54, 1.807) is 0 Å². The molecular formula is C15H18BrNO3. The van der Waals surface area contributed by atoms with Gasteiger partial charge in [-0.2, -0.15) is 0 Å². The summed E-state index contributed by atoms with van der Waals surface area (Å²) in [5.74, 6) is -0.522. The number of carboxylic acid groups (broad SMARTS) is 1. The van der Waals surface area contributed by atoms with E-state index in [4.69, 9.17) is 5.11 Å². The Morgan fingerprint density at radius 1 is 1.20 bits per heavy atom. The first-order chi connectivity index (χ1) is 9.56. The second kappa shape index (κ2) is 6.88. The molecule has 0 aromatic heterocycles. The summed E-state index contributed by atoms with van der Waals surface area (Å²) in [6.45, 7) is 1.36. The topological polar surface area (TPSA) is 57.6 Å². The van der Waals surface area contributed by atoms with Crippen LogP contribution in [0.2, 0.25) is 0 Å². The molecule has 1 aliphatic rings. The van der Waals surface area contributed by atoms with Gasteiger partial charge in [0, 0.05) is 29.5 Å². The van der Waals surface area contributed by atoms with Gasteiger partial charge < -0.3 is 10.0 Å². The largest absolute Gasteiger partial charge is 0.481 e. The van der Waals surface area contributed by atoms with Crippen LogP contribution in [0.5, 0.6) is 0 Å². The third kappa shape index (κ3) is 4.07. The van der Waals surface area contributed by atoms with Crippen LogP contribution in [-0.2, 0) is 4.79 Å². The average molecular weight is 340 g/mol. The lowest BCUT2D eigenvalue weighted by molar-refractivity contribution is -0.138. The number of carbonyl (C=O) groups excluding carboxylic acids is 1. The van der Waals surface area contributed by atoms with Gasteiger partial charge >= 0.3 is 5.97 Å². The van der Waals surface area contributed by atoms with Crippen molar-refractivity contribution < 1.29 is 14.7 Å². The van der Waals surface area contributed by atoms with E-state index < -0.39 is 5.97 Å². The van der Waals surface area contributed by atoms with Crippen LogP contribution in [0.3, 0.4) is 0 Å². The van der Waals surface area contributed by atoms with E-state index in [1.807, 2.05) is 29.2 Å². The van der Waals surface area contributed by atoms with Crippen molar-refractivity contribution in [2.24, 2.45) is 5.92 Å². The number of amides is 1. The Morgan fingerprint density at radius 2 is 1.90 bits per heavy atom.